The Hall–Kier alpha value is -3.79. The monoisotopic (exact) mass is 448 g/mol. The lowest BCUT2D eigenvalue weighted by molar-refractivity contribution is -0.137. The Kier molecular flexibility index (Phi) is 8.48. The average Bonchev–Trinajstić information content (AvgIpc) is 3.13. The third kappa shape index (κ3) is 6.36. The number of alkyl carbamates (subject to hydrolysis) is 1. The van der Waals surface area contributed by atoms with E-state index in [2.05, 4.69) is 28.7 Å². The Morgan fingerprint density at radius 3 is 2.24 bits per heavy atom. The number of carbonyl (C=O) groups excluding carboxylic acids is 2. The van der Waals surface area contributed by atoms with Crippen LogP contribution in [0.25, 0.3) is 11.1 Å². The molecule has 0 aromatic heterocycles. The number of aliphatic carboxylic acids is 1. The lowest BCUT2D eigenvalue weighted by atomic mass is 9.98. The van der Waals surface area contributed by atoms with Crippen molar-refractivity contribution in [3.63, 3.8) is 0 Å². The van der Waals surface area contributed by atoms with Crippen LogP contribution in [0.3, 0.4) is 0 Å². The standard InChI is InChI=1S/C26H28N2O5/c1-2-10-23(25(31)27-16-9-3-4-15-24(29)30)28-26(32)33-17-22-20-13-7-5-11-18(20)19-12-6-8-14-21(19)22/h1,5-8,11-14,22-23H,3-4,9-10,15-17H2,(H,27,31)(H,28,32)(H,29,30). The molecule has 2 aromatic rings. The second-order valence-electron chi connectivity index (χ2n) is 7.93. The zero-order valence-electron chi connectivity index (χ0n) is 18.4. The van der Waals surface area contributed by atoms with Crippen molar-refractivity contribution < 1.29 is 24.2 Å². The molecule has 0 radical (unpaired) electrons. The van der Waals surface area contributed by atoms with Crippen molar-refractivity contribution in [2.45, 2.75) is 44.1 Å². The summed E-state index contributed by atoms with van der Waals surface area (Å²) in [5.41, 5.74) is 4.48. The zero-order chi connectivity index (χ0) is 23.6. The fraction of sp³-hybridized carbons (Fsp3) is 0.346. The van der Waals surface area contributed by atoms with Gasteiger partial charge in [0.05, 0.1) is 0 Å². The summed E-state index contributed by atoms with van der Waals surface area (Å²) >= 11 is 0. The smallest absolute Gasteiger partial charge is 0.407 e. The van der Waals surface area contributed by atoms with E-state index in [0.29, 0.717) is 25.8 Å². The van der Waals surface area contributed by atoms with E-state index in [1.807, 2.05) is 36.4 Å². The number of hydrogen-bond donors (Lipinski definition) is 3. The number of carboxylic acid groups (broad SMARTS) is 1. The van der Waals surface area contributed by atoms with Gasteiger partial charge in [-0.2, -0.15) is 0 Å². The number of rotatable bonds is 11. The van der Waals surface area contributed by atoms with Crippen molar-refractivity contribution in [3.8, 4) is 23.5 Å². The minimum absolute atomic E-state index is 0.0367. The molecule has 7 heteroatoms. The summed E-state index contributed by atoms with van der Waals surface area (Å²) in [7, 11) is 0. The molecule has 0 heterocycles. The fourth-order valence-corrected chi connectivity index (χ4v) is 4.02. The molecule has 0 aliphatic heterocycles. The molecule has 0 fully saturated rings. The molecule has 0 bridgehead atoms. The Labute approximate surface area is 193 Å². The first kappa shape index (κ1) is 23.9. The second-order valence-corrected chi connectivity index (χ2v) is 7.93. The molecule has 1 aliphatic carbocycles. The maximum atomic E-state index is 12.5. The van der Waals surface area contributed by atoms with Crippen LogP contribution in [0.15, 0.2) is 48.5 Å². The van der Waals surface area contributed by atoms with Crippen LogP contribution in [0.5, 0.6) is 0 Å². The van der Waals surface area contributed by atoms with Crippen LogP contribution in [-0.4, -0.2) is 42.3 Å². The molecule has 3 rings (SSSR count). The minimum atomic E-state index is -0.898. The molecular weight excluding hydrogens is 420 g/mol. The van der Waals surface area contributed by atoms with Crippen LogP contribution in [0, 0.1) is 12.3 Å². The highest BCUT2D eigenvalue weighted by atomic mass is 16.5. The molecule has 0 spiro atoms. The summed E-state index contributed by atoms with van der Waals surface area (Å²) in [5.74, 6) is 1.11. The molecule has 1 unspecified atom stereocenters. The van der Waals surface area contributed by atoms with Crippen molar-refractivity contribution in [2.75, 3.05) is 13.2 Å². The number of unbranched alkanes of at least 4 members (excludes halogenated alkanes) is 2. The van der Waals surface area contributed by atoms with E-state index in [9.17, 15) is 14.4 Å². The van der Waals surface area contributed by atoms with Gasteiger partial charge in [-0.15, -0.1) is 12.3 Å². The molecule has 1 aliphatic rings. The van der Waals surface area contributed by atoms with E-state index in [-0.39, 0.29) is 31.3 Å². The van der Waals surface area contributed by atoms with E-state index >= 15 is 0 Å². The van der Waals surface area contributed by atoms with Gasteiger partial charge in [0.25, 0.3) is 0 Å². The van der Waals surface area contributed by atoms with Crippen LogP contribution in [0.4, 0.5) is 4.79 Å². The van der Waals surface area contributed by atoms with Crippen LogP contribution in [0.1, 0.15) is 49.1 Å². The molecule has 0 saturated carbocycles. The summed E-state index contributed by atoms with van der Waals surface area (Å²) in [6.07, 6.45) is 6.70. The van der Waals surface area contributed by atoms with Crippen molar-refractivity contribution in [1.82, 2.24) is 10.6 Å². The molecule has 3 N–H and O–H groups in total. The minimum Gasteiger partial charge on any atom is -0.481 e. The number of carbonyl (C=O) groups is 3. The van der Waals surface area contributed by atoms with Gasteiger partial charge in [-0.1, -0.05) is 55.0 Å². The van der Waals surface area contributed by atoms with E-state index in [1.54, 1.807) is 0 Å². The summed E-state index contributed by atoms with van der Waals surface area (Å²) < 4.78 is 5.49. The lowest BCUT2D eigenvalue weighted by Crippen LogP contribution is -2.47. The topological polar surface area (TPSA) is 105 Å². The number of ether oxygens (including phenoxy) is 1. The predicted molar refractivity (Wildman–Crippen MR) is 125 cm³/mol. The molecule has 7 nitrogen and oxygen atoms in total. The summed E-state index contributed by atoms with van der Waals surface area (Å²) in [6, 6.07) is 15.2. The first-order chi connectivity index (χ1) is 16.0. The van der Waals surface area contributed by atoms with Gasteiger partial charge in [-0.25, -0.2) is 4.79 Å². The number of fused-ring (bicyclic) bond motifs is 3. The van der Waals surface area contributed by atoms with Crippen molar-refractivity contribution in [3.05, 3.63) is 59.7 Å². The van der Waals surface area contributed by atoms with E-state index in [1.165, 1.54) is 0 Å². The van der Waals surface area contributed by atoms with E-state index in [0.717, 1.165) is 22.3 Å². The average molecular weight is 449 g/mol. The van der Waals surface area contributed by atoms with Crippen LogP contribution >= 0.6 is 0 Å². The highest BCUT2D eigenvalue weighted by Gasteiger charge is 2.29. The third-order valence-electron chi connectivity index (χ3n) is 5.64. The van der Waals surface area contributed by atoms with Gasteiger partial charge in [0.15, 0.2) is 0 Å². The summed E-state index contributed by atoms with van der Waals surface area (Å²) in [5, 5.41) is 13.9. The second kappa shape index (κ2) is 11.7. The number of terminal acetylenes is 1. The SMILES string of the molecule is C#CCC(NC(=O)OCC1c2ccccc2-c2ccccc21)C(=O)NCCCCCC(=O)O. The zero-order valence-corrected chi connectivity index (χ0v) is 18.4. The third-order valence-corrected chi connectivity index (χ3v) is 5.64. The van der Waals surface area contributed by atoms with Crippen LogP contribution in [0.2, 0.25) is 0 Å². The highest BCUT2D eigenvalue weighted by molar-refractivity contribution is 5.86. The van der Waals surface area contributed by atoms with Gasteiger partial charge in [0.1, 0.15) is 12.6 Å². The fourth-order valence-electron chi connectivity index (χ4n) is 4.02. The Morgan fingerprint density at radius 2 is 1.64 bits per heavy atom. The molecule has 2 aromatic carbocycles. The summed E-state index contributed by atoms with van der Waals surface area (Å²) in [4.78, 5) is 35.4. The van der Waals surface area contributed by atoms with Crippen LogP contribution < -0.4 is 10.6 Å². The highest BCUT2D eigenvalue weighted by Crippen LogP contribution is 2.44. The van der Waals surface area contributed by atoms with Gasteiger partial charge in [-0.05, 0) is 35.1 Å². The molecule has 1 atom stereocenters. The predicted octanol–water partition coefficient (Wildman–Crippen LogP) is 3.68. The first-order valence-corrected chi connectivity index (χ1v) is 11.1. The number of carboxylic acids is 1. The maximum absolute atomic E-state index is 12.5. The molecule has 0 saturated heterocycles. The summed E-state index contributed by atoms with van der Waals surface area (Å²) in [6.45, 7) is 0.528. The van der Waals surface area contributed by atoms with Gasteiger partial charge in [0.2, 0.25) is 5.91 Å². The molecule has 172 valence electrons. The van der Waals surface area contributed by atoms with E-state index in [4.69, 9.17) is 16.3 Å². The maximum Gasteiger partial charge on any atom is 0.407 e. The van der Waals surface area contributed by atoms with Crippen LogP contribution in [-0.2, 0) is 14.3 Å². The van der Waals surface area contributed by atoms with Crippen molar-refractivity contribution in [2.24, 2.45) is 0 Å². The van der Waals surface area contributed by atoms with Crippen molar-refractivity contribution >= 4 is 18.0 Å². The van der Waals surface area contributed by atoms with Gasteiger partial charge in [0, 0.05) is 25.3 Å². The van der Waals surface area contributed by atoms with Crippen molar-refractivity contribution in [1.29, 1.82) is 0 Å². The Morgan fingerprint density at radius 1 is 1.00 bits per heavy atom. The van der Waals surface area contributed by atoms with E-state index < -0.39 is 18.1 Å². The molecular formula is C26H28N2O5. The quantitative estimate of drug-likeness (QED) is 0.359. The molecule has 2 amide bonds. The van der Waals surface area contributed by atoms with Gasteiger partial charge < -0.3 is 20.5 Å². The van der Waals surface area contributed by atoms with Gasteiger partial charge >= 0.3 is 12.1 Å². The first-order valence-electron chi connectivity index (χ1n) is 11.1. The molecule has 33 heavy (non-hydrogen) atoms. The number of hydrogen-bond acceptors (Lipinski definition) is 4. The van der Waals surface area contributed by atoms with Gasteiger partial charge in [-0.3, -0.25) is 9.59 Å². The number of benzene rings is 2. The Balaban J connectivity index is 1.51. The normalized spacial score (nSPS) is 12.7. The number of nitrogens with one attached hydrogen (secondary N) is 2. The Bertz CT molecular complexity index is 997. The largest absolute Gasteiger partial charge is 0.481 e. The lowest BCUT2D eigenvalue weighted by Gasteiger charge is -2.18. The number of amides is 2.